The van der Waals surface area contributed by atoms with Crippen LogP contribution in [-0.4, -0.2) is 71.5 Å². The summed E-state index contributed by atoms with van der Waals surface area (Å²) >= 11 is 0. The molecule has 5 rings (SSSR count). The summed E-state index contributed by atoms with van der Waals surface area (Å²) in [4.78, 5) is 43.3. The normalized spacial score (nSPS) is 19.4. The van der Waals surface area contributed by atoms with E-state index in [0.717, 1.165) is 31.2 Å². The molecule has 48 heavy (non-hydrogen) atoms. The van der Waals surface area contributed by atoms with E-state index in [1.165, 1.54) is 6.42 Å². The number of fused-ring (bicyclic) bond motifs is 1. The van der Waals surface area contributed by atoms with Crippen molar-refractivity contribution in [2.45, 2.75) is 71.1 Å². The fourth-order valence-corrected chi connectivity index (χ4v) is 6.58. The van der Waals surface area contributed by atoms with E-state index >= 15 is 0 Å². The predicted octanol–water partition coefficient (Wildman–Crippen LogP) is 5.32. The van der Waals surface area contributed by atoms with Gasteiger partial charge in [-0.3, -0.25) is 19.3 Å². The third-order valence-electron chi connectivity index (χ3n) is 9.53. The second kappa shape index (κ2) is 16.1. The minimum absolute atomic E-state index is 0.0190. The number of nitrogens with two attached hydrogens (primary N) is 1. The molecule has 1 saturated carbocycles. The first kappa shape index (κ1) is 34.9. The number of nitrogens with one attached hydrogen (secondary N) is 2. The standard InChI is InChI=1S/C38H49N5O5/c1-25-21-43(26(2)24-44)36(45)20-30-19-31(40-37(46)28-9-5-4-6-10-28)17-18-34(30)48-35(25)23-42(3)22-27-13-15-29(16-14-27)38(47)41-33-12-8-7-11-32(33)39/h7-8,11-19,25-26,28,35,44H,4-6,9-10,20-24,39H2,1-3H3,(H,40,46)(H,41,47)/t25-,26-,35+/m0/s1. The molecule has 10 heteroatoms. The van der Waals surface area contributed by atoms with Crippen molar-refractivity contribution in [1.29, 1.82) is 0 Å². The maximum atomic E-state index is 13.6. The Morgan fingerprint density at radius 1 is 1.04 bits per heavy atom. The van der Waals surface area contributed by atoms with Crippen LogP contribution in [0.1, 0.15) is 67.4 Å². The van der Waals surface area contributed by atoms with E-state index in [1.54, 1.807) is 29.2 Å². The second-order valence-corrected chi connectivity index (χ2v) is 13.5. The van der Waals surface area contributed by atoms with Gasteiger partial charge in [0.05, 0.1) is 30.4 Å². The van der Waals surface area contributed by atoms with Crippen LogP contribution in [0.25, 0.3) is 0 Å². The van der Waals surface area contributed by atoms with E-state index in [4.69, 9.17) is 10.5 Å². The zero-order chi connectivity index (χ0) is 34.2. The van der Waals surface area contributed by atoms with Crippen LogP contribution in [0.5, 0.6) is 5.75 Å². The largest absolute Gasteiger partial charge is 0.488 e. The third-order valence-corrected chi connectivity index (χ3v) is 9.53. The van der Waals surface area contributed by atoms with Crippen molar-refractivity contribution >= 4 is 34.8 Å². The molecule has 3 aromatic carbocycles. The predicted molar refractivity (Wildman–Crippen MR) is 189 cm³/mol. The maximum Gasteiger partial charge on any atom is 0.255 e. The first-order valence-electron chi connectivity index (χ1n) is 17.1. The topological polar surface area (TPSA) is 137 Å². The number of rotatable bonds is 10. The van der Waals surface area contributed by atoms with Crippen molar-refractivity contribution in [1.82, 2.24) is 9.80 Å². The van der Waals surface area contributed by atoms with Crippen LogP contribution in [0.15, 0.2) is 66.7 Å². The summed E-state index contributed by atoms with van der Waals surface area (Å²) in [5.41, 5.74) is 10.0. The van der Waals surface area contributed by atoms with E-state index < -0.39 is 0 Å². The van der Waals surface area contributed by atoms with Gasteiger partial charge in [0.1, 0.15) is 11.9 Å². The van der Waals surface area contributed by atoms with Gasteiger partial charge >= 0.3 is 0 Å². The van der Waals surface area contributed by atoms with Crippen molar-refractivity contribution in [3.05, 3.63) is 83.4 Å². The number of aliphatic hydroxyl groups excluding tert-OH is 1. The number of likely N-dealkylation sites (N-methyl/N-ethyl adjacent to an activating group) is 1. The lowest BCUT2D eigenvalue weighted by Gasteiger charge is -2.34. The van der Waals surface area contributed by atoms with Crippen LogP contribution in [0.4, 0.5) is 17.1 Å². The van der Waals surface area contributed by atoms with E-state index in [-0.39, 0.29) is 54.7 Å². The van der Waals surface area contributed by atoms with Crippen molar-refractivity contribution in [2.75, 3.05) is 43.1 Å². The highest BCUT2D eigenvalue weighted by atomic mass is 16.5. The molecule has 0 saturated heterocycles. The Kier molecular flexibility index (Phi) is 11.7. The van der Waals surface area contributed by atoms with Crippen LogP contribution in [0.2, 0.25) is 0 Å². The minimum atomic E-state index is -0.344. The zero-order valence-electron chi connectivity index (χ0n) is 28.3. The summed E-state index contributed by atoms with van der Waals surface area (Å²) < 4.78 is 6.68. The molecule has 0 bridgehead atoms. The molecule has 1 heterocycles. The quantitative estimate of drug-likeness (QED) is 0.217. The van der Waals surface area contributed by atoms with Crippen LogP contribution in [0, 0.1) is 11.8 Å². The number of carbonyl (C=O) groups is 3. The Balaban J connectivity index is 1.29. The molecule has 256 valence electrons. The molecule has 1 aliphatic carbocycles. The van der Waals surface area contributed by atoms with Crippen molar-refractivity contribution < 1.29 is 24.2 Å². The minimum Gasteiger partial charge on any atom is -0.488 e. The van der Waals surface area contributed by atoms with Crippen molar-refractivity contribution in [2.24, 2.45) is 11.8 Å². The molecule has 3 aromatic rings. The van der Waals surface area contributed by atoms with Crippen LogP contribution >= 0.6 is 0 Å². The number of anilines is 3. The average Bonchev–Trinajstić information content (AvgIpc) is 3.13. The Labute approximate surface area is 283 Å². The van der Waals surface area contributed by atoms with Crippen molar-refractivity contribution in [3.8, 4) is 5.75 Å². The van der Waals surface area contributed by atoms with Crippen LogP contribution in [0.3, 0.4) is 0 Å². The lowest BCUT2D eigenvalue weighted by molar-refractivity contribution is -0.134. The Morgan fingerprint density at radius 3 is 2.48 bits per heavy atom. The lowest BCUT2D eigenvalue weighted by atomic mass is 9.88. The molecular formula is C38H49N5O5. The SMILES string of the molecule is C[C@H]1CN([C@@H](C)CO)C(=O)Cc2cc(NC(=O)C3CCCCC3)ccc2O[C@@H]1CN(C)Cc1ccc(C(=O)Nc2ccccc2N)cc1. The first-order valence-corrected chi connectivity index (χ1v) is 17.1. The van der Waals surface area contributed by atoms with Gasteiger partial charge in [-0.1, -0.05) is 50.5 Å². The van der Waals surface area contributed by atoms with Gasteiger partial charge in [-0.15, -0.1) is 0 Å². The number of hydrogen-bond acceptors (Lipinski definition) is 7. The molecule has 1 aliphatic heterocycles. The van der Waals surface area contributed by atoms with Gasteiger partial charge in [-0.05, 0) is 74.8 Å². The molecule has 0 radical (unpaired) electrons. The number of amides is 3. The highest BCUT2D eigenvalue weighted by molar-refractivity contribution is 6.05. The summed E-state index contributed by atoms with van der Waals surface area (Å²) in [5.74, 6) is 0.314. The van der Waals surface area contributed by atoms with Gasteiger partial charge in [-0.25, -0.2) is 0 Å². The Hall–Kier alpha value is -4.41. The third kappa shape index (κ3) is 8.93. The molecule has 0 unspecified atom stereocenters. The lowest BCUT2D eigenvalue weighted by Crippen LogP contribution is -2.47. The number of aliphatic hydroxyl groups is 1. The monoisotopic (exact) mass is 655 g/mol. The summed E-state index contributed by atoms with van der Waals surface area (Å²) in [6.07, 6.45) is 4.98. The van der Waals surface area contributed by atoms with Gasteiger partial charge in [0.2, 0.25) is 11.8 Å². The first-order chi connectivity index (χ1) is 23.1. The second-order valence-electron chi connectivity index (χ2n) is 13.5. The molecular weight excluding hydrogens is 606 g/mol. The highest BCUT2D eigenvalue weighted by Crippen LogP contribution is 2.31. The number of ether oxygens (including phenoxy) is 1. The Morgan fingerprint density at radius 2 is 1.77 bits per heavy atom. The molecule has 0 spiro atoms. The maximum absolute atomic E-state index is 13.6. The summed E-state index contributed by atoms with van der Waals surface area (Å²) in [5, 5.41) is 15.9. The smallest absolute Gasteiger partial charge is 0.255 e. The number of nitrogen functional groups attached to an aromatic ring is 1. The molecule has 3 amide bonds. The fourth-order valence-electron chi connectivity index (χ4n) is 6.58. The van der Waals surface area contributed by atoms with Crippen LogP contribution in [-0.2, 0) is 22.6 Å². The summed E-state index contributed by atoms with van der Waals surface area (Å²) in [6.45, 7) is 5.42. The van der Waals surface area contributed by atoms with Crippen molar-refractivity contribution in [3.63, 3.8) is 0 Å². The van der Waals surface area contributed by atoms with E-state index in [9.17, 15) is 19.5 Å². The molecule has 0 aromatic heterocycles. The number of carbonyl (C=O) groups excluding carboxylic acids is 3. The molecule has 5 N–H and O–H groups in total. The van der Waals surface area contributed by atoms with Gasteiger partial charge in [0.25, 0.3) is 5.91 Å². The molecule has 3 atom stereocenters. The van der Waals surface area contributed by atoms with E-state index in [2.05, 4.69) is 22.5 Å². The number of para-hydroxylation sites is 2. The summed E-state index contributed by atoms with van der Waals surface area (Å²) in [6, 6.07) is 19.9. The number of benzene rings is 3. The van der Waals surface area contributed by atoms with Gasteiger partial charge in [0, 0.05) is 48.3 Å². The average molecular weight is 656 g/mol. The van der Waals surface area contributed by atoms with Gasteiger partial charge in [-0.2, -0.15) is 0 Å². The Bertz CT molecular complexity index is 1570. The zero-order valence-corrected chi connectivity index (χ0v) is 28.3. The van der Waals surface area contributed by atoms with Gasteiger partial charge in [0.15, 0.2) is 0 Å². The molecule has 10 nitrogen and oxygen atoms in total. The fraction of sp³-hybridized carbons (Fsp3) is 0.447. The van der Waals surface area contributed by atoms with E-state index in [1.807, 2.05) is 56.4 Å². The number of nitrogens with zero attached hydrogens (tertiary/aromatic N) is 2. The van der Waals surface area contributed by atoms with Gasteiger partial charge < -0.3 is 31.1 Å². The molecule has 1 fully saturated rings. The van der Waals surface area contributed by atoms with Crippen LogP contribution < -0.4 is 21.1 Å². The number of hydrogen-bond donors (Lipinski definition) is 4. The van der Waals surface area contributed by atoms with E-state index in [0.29, 0.717) is 53.6 Å². The highest BCUT2D eigenvalue weighted by Gasteiger charge is 2.31. The summed E-state index contributed by atoms with van der Waals surface area (Å²) in [7, 11) is 2.02. The molecule has 2 aliphatic rings.